The molecule has 0 bridgehead atoms. The lowest BCUT2D eigenvalue weighted by Gasteiger charge is -1.77. The Hall–Kier alpha value is -0.795. The van der Waals surface area contributed by atoms with Gasteiger partial charge in [0.05, 0.1) is 6.33 Å². The number of aromatic nitrogens is 3. The van der Waals surface area contributed by atoms with E-state index in [0.29, 0.717) is 5.82 Å². The molecule has 0 atom stereocenters. The highest BCUT2D eigenvalue weighted by atomic mass is 15.3. The maximum absolute atomic E-state index is 5.12. The maximum Gasteiger partial charge on any atom is 0.266 e. The highest BCUT2D eigenvalue weighted by Crippen LogP contribution is 1.78. The summed E-state index contributed by atoms with van der Waals surface area (Å²) in [6, 6.07) is 0. The highest BCUT2D eigenvalue weighted by Gasteiger charge is 1.83. The molecule has 0 aliphatic carbocycles. The van der Waals surface area contributed by atoms with Crippen molar-refractivity contribution in [2.24, 2.45) is 0 Å². The van der Waals surface area contributed by atoms with Gasteiger partial charge in [0.2, 0.25) is 0 Å². The van der Waals surface area contributed by atoms with E-state index in [4.69, 9.17) is 7.98 Å². The molecule has 2 radical (unpaired) electrons. The standard InChI is InChI=1S/C3H4BN3/c1-3-5-2-7(4)6-3/h2H,1H3. The summed E-state index contributed by atoms with van der Waals surface area (Å²) in [5.74, 6) is 0.697. The van der Waals surface area contributed by atoms with Crippen molar-refractivity contribution in [3.63, 3.8) is 0 Å². The molecule has 0 aromatic carbocycles. The molecular weight excluding hydrogens is 88.9 g/mol. The first-order valence-corrected chi connectivity index (χ1v) is 1.92. The van der Waals surface area contributed by atoms with Gasteiger partial charge in [0, 0.05) is 0 Å². The minimum Gasteiger partial charge on any atom is -0.314 e. The molecule has 0 unspecified atom stereocenters. The van der Waals surface area contributed by atoms with Crippen LogP contribution < -0.4 is 0 Å². The van der Waals surface area contributed by atoms with Crippen LogP contribution >= 0.6 is 0 Å². The van der Waals surface area contributed by atoms with E-state index in [9.17, 15) is 0 Å². The number of nitrogens with zero attached hydrogens (tertiary/aromatic N) is 3. The van der Waals surface area contributed by atoms with Crippen LogP contribution in [-0.2, 0) is 0 Å². The third-order valence-electron chi connectivity index (χ3n) is 0.623. The molecule has 0 N–H and O–H groups in total. The average Bonchev–Trinajstić information content (AvgIpc) is 1.87. The van der Waals surface area contributed by atoms with Gasteiger partial charge < -0.3 is 4.59 Å². The van der Waals surface area contributed by atoms with Crippen molar-refractivity contribution in [2.45, 2.75) is 6.92 Å². The van der Waals surface area contributed by atoms with Crippen LogP contribution in [0.1, 0.15) is 5.82 Å². The molecule has 0 fully saturated rings. The largest absolute Gasteiger partial charge is 0.314 e. The van der Waals surface area contributed by atoms with E-state index in [2.05, 4.69) is 10.1 Å². The molecule has 0 amide bonds. The van der Waals surface area contributed by atoms with Crippen molar-refractivity contribution >= 4 is 7.98 Å². The average molecular weight is 92.9 g/mol. The first-order chi connectivity index (χ1) is 3.29. The lowest BCUT2D eigenvalue weighted by Crippen LogP contribution is -1.89. The fourth-order valence-corrected chi connectivity index (χ4v) is 0.361. The molecule has 7 heavy (non-hydrogen) atoms. The Morgan fingerprint density at radius 3 is 2.71 bits per heavy atom. The zero-order valence-electron chi connectivity index (χ0n) is 4.00. The maximum atomic E-state index is 5.12. The lowest BCUT2D eigenvalue weighted by molar-refractivity contribution is 0.961. The molecule has 3 nitrogen and oxygen atoms in total. The molecule has 1 aromatic rings. The van der Waals surface area contributed by atoms with Gasteiger partial charge in [-0.25, -0.2) is 4.98 Å². The van der Waals surface area contributed by atoms with E-state index in [1.165, 1.54) is 10.9 Å². The Kier molecular flexibility index (Phi) is 0.853. The minimum absolute atomic E-state index is 0.697. The Morgan fingerprint density at radius 1 is 1.86 bits per heavy atom. The van der Waals surface area contributed by atoms with Crippen molar-refractivity contribution in [3.8, 4) is 0 Å². The molecule has 34 valence electrons. The SMILES string of the molecule is [B]n1cnc(C)n1. The van der Waals surface area contributed by atoms with Crippen LogP contribution in [-0.4, -0.2) is 22.7 Å². The van der Waals surface area contributed by atoms with E-state index in [1.54, 1.807) is 6.92 Å². The molecular formula is C3H4BN3. The molecule has 0 aliphatic heterocycles. The molecule has 1 heterocycles. The molecule has 4 heteroatoms. The van der Waals surface area contributed by atoms with Gasteiger partial charge in [0.15, 0.2) is 0 Å². The van der Waals surface area contributed by atoms with Gasteiger partial charge in [-0.3, -0.25) is 0 Å². The minimum atomic E-state index is 0.697. The van der Waals surface area contributed by atoms with Crippen molar-refractivity contribution < 1.29 is 0 Å². The van der Waals surface area contributed by atoms with Crippen LogP contribution in [0.15, 0.2) is 6.33 Å². The number of rotatable bonds is 0. The van der Waals surface area contributed by atoms with Crippen LogP contribution in [0.5, 0.6) is 0 Å². The Balaban J connectivity index is 3.04. The predicted molar refractivity (Wildman–Crippen MR) is 25.9 cm³/mol. The molecule has 0 spiro atoms. The predicted octanol–water partition coefficient (Wildman–Crippen LogP) is -0.482. The van der Waals surface area contributed by atoms with Crippen LogP contribution in [0.3, 0.4) is 0 Å². The second kappa shape index (κ2) is 1.37. The zero-order valence-corrected chi connectivity index (χ0v) is 4.00. The van der Waals surface area contributed by atoms with Crippen LogP contribution in [0, 0.1) is 6.92 Å². The smallest absolute Gasteiger partial charge is 0.266 e. The van der Waals surface area contributed by atoms with Crippen molar-refractivity contribution in [1.29, 1.82) is 0 Å². The van der Waals surface area contributed by atoms with Gasteiger partial charge in [-0.2, -0.15) is 5.10 Å². The lowest BCUT2D eigenvalue weighted by atomic mass is 10.5. The van der Waals surface area contributed by atoms with Gasteiger partial charge >= 0.3 is 0 Å². The summed E-state index contributed by atoms with van der Waals surface area (Å²) in [7, 11) is 5.12. The highest BCUT2D eigenvalue weighted by molar-refractivity contribution is 6.05. The monoisotopic (exact) mass is 93.0 g/mol. The van der Waals surface area contributed by atoms with Gasteiger partial charge in [-0.15, -0.1) is 0 Å². The van der Waals surface area contributed by atoms with Gasteiger partial charge in [-0.05, 0) is 6.92 Å². The van der Waals surface area contributed by atoms with Crippen LogP contribution in [0.4, 0.5) is 0 Å². The molecule has 1 rings (SSSR count). The van der Waals surface area contributed by atoms with Gasteiger partial charge in [-0.1, -0.05) is 0 Å². The Bertz CT molecular complexity index is 142. The van der Waals surface area contributed by atoms with E-state index >= 15 is 0 Å². The molecule has 1 aromatic heterocycles. The first kappa shape index (κ1) is 4.37. The topological polar surface area (TPSA) is 30.7 Å². The van der Waals surface area contributed by atoms with Gasteiger partial charge in [0.1, 0.15) is 5.82 Å². The van der Waals surface area contributed by atoms with Crippen molar-refractivity contribution in [1.82, 2.24) is 14.7 Å². The Labute approximate surface area is 42.8 Å². The van der Waals surface area contributed by atoms with E-state index < -0.39 is 0 Å². The number of hydrogen-bond donors (Lipinski definition) is 0. The second-order valence-electron chi connectivity index (χ2n) is 1.27. The second-order valence-corrected chi connectivity index (χ2v) is 1.27. The number of aryl methyl sites for hydroxylation is 1. The summed E-state index contributed by atoms with van der Waals surface area (Å²) < 4.78 is 1.18. The summed E-state index contributed by atoms with van der Waals surface area (Å²) in [6.45, 7) is 1.78. The number of hydrogen-bond acceptors (Lipinski definition) is 2. The fourth-order valence-electron chi connectivity index (χ4n) is 0.361. The fraction of sp³-hybridized carbons (Fsp3) is 0.333. The molecule has 0 aliphatic rings. The Morgan fingerprint density at radius 2 is 2.57 bits per heavy atom. The molecule has 0 saturated carbocycles. The summed E-state index contributed by atoms with van der Waals surface area (Å²) in [5.41, 5.74) is 0. The zero-order chi connectivity index (χ0) is 5.28. The van der Waals surface area contributed by atoms with Crippen molar-refractivity contribution in [2.75, 3.05) is 0 Å². The van der Waals surface area contributed by atoms with E-state index in [-0.39, 0.29) is 0 Å². The first-order valence-electron chi connectivity index (χ1n) is 1.92. The summed E-state index contributed by atoms with van der Waals surface area (Å²) >= 11 is 0. The normalized spacial score (nSPS) is 9.29. The molecule has 0 saturated heterocycles. The van der Waals surface area contributed by atoms with Crippen LogP contribution in [0.2, 0.25) is 0 Å². The van der Waals surface area contributed by atoms with E-state index in [1.807, 2.05) is 0 Å². The summed E-state index contributed by atoms with van der Waals surface area (Å²) in [6.07, 6.45) is 1.45. The van der Waals surface area contributed by atoms with Crippen molar-refractivity contribution in [3.05, 3.63) is 12.2 Å². The van der Waals surface area contributed by atoms with E-state index in [0.717, 1.165) is 0 Å². The van der Waals surface area contributed by atoms with Gasteiger partial charge in [0.25, 0.3) is 7.98 Å². The quantitative estimate of drug-likeness (QED) is 0.405. The third-order valence-corrected chi connectivity index (χ3v) is 0.623. The van der Waals surface area contributed by atoms with Crippen LogP contribution in [0.25, 0.3) is 0 Å². The summed E-state index contributed by atoms with van der Waals surface area (Å²) in [5, 5.41) is 3.69. The third kappa shape index (κ3) is 0.794. The summed E-state index contributed by atoms with van der Waals surface area (Å²) in [4.78, 5) is 3.74.